The molecule has 1 fully saturated rings. The molecule has 1 aromatic rings. The molecule has 0 saturated heterocycles. The van der Waals surface area contributed by atoms with Crippen LogP contribution in [-0.4, -0.2) is 19.1 Å². The summed E-state index contributed by atoms with van der Waals surface area (Å²) in [7, 11) is 0. The van der Waals surface area contributed by atoms with E-state index in [1.165, 1.54) is 30.4 Å². The van der Waals surface area contributed by atoms with Crippen molar-refractivity contribution >= 4 is 5.91 Å². The summed E-state index contributed by atoms with van der Waals surface area (Å²) >= 11 is 0. The Balaban J connectivity index is 1.53. The molecule has 2 aliphatic carbocycles. The average molecular weight is 315 g/mol. The van der Waals surface area contributed by atoms with Crippen molar-refractivity contribution in [1.29, 1.82) is 0 Å². The minimum Gasteiger partial charge on any atom is -0.486 e. The lowest BCUT2D eigenvalue weighted by Gasteiger charge is -2.31. The average Bonchev–Trinajstić information content (AvgIpc) is 2.61. The maximum atomic E-state index is 12.6. The zero-order chi connectivity index (χ0) is 15.6. The quantitative estimate of drug-likeness (QED) is 0.908. The Morgan fingerprint density at radius 2 is 1.70 bits per heavy atom. The second-order valence-corrected chi connectivity index (χ2v) is 6.98. The van der Waals surface area contributed by atoms with E-state index in [0.717, 1.165) is 43.6 Å². The summed E-state index contributed by atoms with van der Waals surface area (Å²) in [6.45, 7) is 1.22. The molecule has 1 amide bonds. The van der Waals surface area contributed by atoms with Crippen molar-refractivity contribution in [3.05, 3.63) is 23.3 Å². The number of hydrogen-bond donors (Lipinski definition) is 1. The molecule has 1 aromatic carbocycles. The predicted octanol–water partition coefficient (Wildman–Crippen LogP) is 3.53. The number of amides is 1. The molecule has 1 saturated carbocycles. The second kappa shape index (κ2) is 6.42. The van der Waals surface area contributed by atoms with Crippen molar-refractivity contribution < 1.29 is 14.3 Å². The van der Waals surface area contributed by atoms with Crippen LogP contribution in [-0.2, 0) is 11.2 Å². The summed E-state index contributed by atoms with van der Waals surface area (Å²) in [6.07, 6.45) is 8.95. The highest BCUT2D eigenvalue weighted by Gasteiger charge is 2.28. The molecular weight excluding hydrogens is 290 g/mol. The molecule has 0 spiro atoms. The topological polar surface area (TPSA) is 47.6 Å². The first kappa shape index (κ1) is 14.9. The van der Waals surface area contributed by atoms with Crippen LogP contribution >= 0.6 is 0 Å². The van der Waals surface area contributed by atoms with Gasteiger partial charge in [-0.3, -0.25) is 4.79 Å². The Labute approximate surface area is 137 Å². The van der Waals surface area contributed by atoms with Crippen molar-refractivity contribution in [1.82, 2.24) is 5.32 Å². The zero-order valence-electron chi connectivity index (χ0n) is 13.6. The summed E-state index contributed by atoms with van der Waals surface area (Å²) in [5.41, 5.74) is 2.53. The van der Waals surface area contributed by atoms with E-state index < -0.39 is 0 Å². The Morgan fingerprint density at radius 1 is 0.957 bits per heavy atom. The van der Waals surface area contributed by atoms with Crippen molar-refractivity contribution in [3.8, 4) is 11.5 Å². The number of fused-ring (bicyclic) bond motifs is 2. The van der Waals surface area contributed by atoms with Gasteiger partial charge in [0, 0.05) is 5.92 Å². The normalized spacial score (nSPS) is 23.9. The van der Waals surface area contributed by atoms with E-state index in [9.17, 15) is 4.79 Å². The van der Waals surface area contributed by atoms with Crippen molar-refractivity contribution in [2.24, 2.45) is 5.92 Å². The molecule has 1 atom stereocenters. The van der Waals surface area contributed by atoms with Crippen LogP contribution in [0, 0.1) is 5.92 Å². The SMILES string of the molecule is O=C(NC1CCCc2cc3c(cc21)OCCO3)C1CCCCC1. The van der Waals surface area contributed by atoms with Gasteiger partial charge < -0.3 is 14.8 Å². The van der Waals surface area contributed by atoms with E-state index in [0.29, 0.717) is 13.2 Å². The van der Waals surface area contributed by atoms with E-state index in [2.05, 4.69) is 17.4 Å². The fourth-order valence-electron chi connectivity index (χ4n) is 4.14. The van der Waals surface area contributed by atoms with Gasteiger partial charge in [0.25, 0.3) is 0 Å². The first-order valence-corrected chi connectivity index (χ1v) is 9.04. The number of carbonyl (C=O) groups excluding carboxylic acids is 1. The number of benzene rings is 1. The van der Waals surface area contributed by atoms with Gasteiger partial charge in [-0.2, -0.15) is 0 Å². The fourth-order valence-corrected chi connectivity index (χ4v) is 4.14. The number of nitrogens with one attached hydrogen (secondary N) is 1. The number of ether oxygens (including phenoxy) is 2. The first-order valence-electron chi connectivity index (χ1n) is 9.04. The van der Waals surface area contributed by atoms with Crippen molar-refractivity contribution in [2.75, 3.05) is 13.2 Å². The molecule has 1 unspecified atom stereocenters. The molecule has 4 heteroatoms. The summed E-state index contributed by atoms with van der Waals surface area (Å²) in [6, 6.07) is 4.33. The molecule has 0 radical (unpaired) electrons. The molecule has 4 nitrogen and oxygen atoms in total. The molecule has 23 heavy (non-hydrogen) atoms. The van der Waals surface area contributed by atoms with E-state index in [1.54, 1.807) is 0 Å². The van der Waals surface area contributed by atoms with Gasteiger partial charge in [-0.05, 0) is 55.4 Å². The lowest BCUT2D eigenvalue weighted by atomic mass is 9.85. The van der Waals surface area contributed by atoms with Gasteiger partial charge >= 0.3 is 0 Å². The predicted molar refractivity (Wildman–Crippen MR) is 87.8 cm³/mol. The molecule has 1 N–H and O–H groups in total. The number of rotatable bonds is 2. The summed E-state index contributed by atoms with van der Waals surface area (Å²) in [4.78, 5) is 12.6. The Morgan fingerprint density at radius 3 is 2.48 bits per heavy atom. The summed E-state index contributed by atoms with van der Waals surface area (Å²) in [5, 5.41) is 3.32. The van der Waals surface area contributed by atoms with Crippen molar-refractivity contribution in [2.45, 2.75) is 57.4 Å². The van der Waals surface area contributed by atoms with Gasteiger partial charge in [0.05, 0.1) is 6.04 Å². The van der Waals surface area contributed by atoms with Gasteiger partial charge in [0.15, 0.2) is 11.5 Å². The van der Waals surface area contributed by atoms with Gasteiger partial charge in [-0.25, -0.2) is 0 Å². The van der Waals surface area contributed by atoms with Crippen LogP contribution in [0.1, 0.15) is 62.1 Å². The lowest BCUT2D eigenvalue weighted by Crippen LogP contribution is -2.36. The van der Waals surface area contributed by atoms with Crippen LogP contribution in [0.3, 0.4) is 0 Å². The fraction of sp³-hybridized carbons (Fsp3) is 0.632. The van der Waals surface area contributed by atoms with Crippen LogP contribution < -0.4 is 14.8 Å². The van der Waals surface area contributed by atoms with Crippen LogP contribution in [0.5, 0.6) is 11.5 Å². The van der Waals surface area contributed by atoms with E-state index >= 15 is 0 Å². The van der Waals surface area contributed by atoms with E-state index in [1.807, 2.05) is 0 Å². The second-order valence-electron chi connectivity index (χ2n) is 6.98. The first-order chi connectivity index (χ1) is 11.3. The zero-order valence-corrected chi connectivity index (χ0v) is 13.6. The third-order valence-corrected chi connectivity index (χ3v) is 5.41. The number of hydrogen-bond acceptors (Lipinski definition) is 3. The van der Waals surface area contributed by atoms with Gasteiger partial charge in [-0.15, -0.1) is 0 Å². The van der Waals surface area contributed by atoms with Crippen LogP contribution in [0.25, 0.3) is 0 Å². The highest BCUT2D eigenvalue weighted by Crippen LogP contribution is 2.39. The highest BCUT2D eigenvalue weighted by molar-refractivity contribution is 5.79. The Bertz CT molecular complexity index is 593. The van der Waals surface area contributed by atoms with Crippen LogP contribution in [0.4, 0.5) is 0 Å². The molecule has 4 rings (SSSR count). The van der Waals surface area contributed by atoms with Crippen LogP contribution in [0.2, 0.25) is 0 Å². The van der Waals surface area contributed by atoms with E-state index in [-0.39, 0.29) is 17.9 Å². The highest BCUT2D eigenvalue weighted by atomic mass is 16.6. The molecule has 3 aliphatic rings. The lowest BCUT2D eigenvalue weighted by molar-refractivity contribution is -0.126. The van der Waals surface area contributed by atoms with Gasteiger partial charge in [-0.1, -0.05) is 19.3 Å². The largest absolute Gasteiger partial charge is 0.486 e. The smallest absolute Gasteiger partial charge is 0.223 e. The number of carbonyl (C=O) groups is 1. The van der Waals surface area contributed by atoms with Gasteiger partial charge in [0.1, 0.15) is 13.2 Å². The van der Waals surface area contributed by atoms with E-state index in [4.69, 9.17) is 9.47 Å². The minimum atomic E-state index is 0.129. The number of aryl methyl sites for hydroxylation is 1. The summed E-state index contributed by atoms with van der Waals surface area (Å²) in [5.74, 6) is 2.15. The maximum absolute atomic E-state index is 12.6. The maximum Gasteiger partial charge on any atom is 0.223 e. The third-order valence-electron chi connectivity index (χ3n) is 5.41. The Kier molecular flexibility index (Phi) is 4.15. The monoisotopic (exact) mass is 315 g/mol. The van der Waals surface area contributed by atoms with Crippen molar-refractivity contribution in [3.63, 3.8) is 0 Å². The summed E-state index contributed by atoms with van der Waals surface area (Å²) < 4.78 is 11.4. The van der Waals surface area contributed by atoms with Crippen LogP contribution in [0.15, 0.2) is 12.1 Å². The van der Waals surface area contributed by atoms with Gasteiger partial charge in [0.2, 0.25) is 5.91 Å². The molecule has 1 aliphatic heterocycles. The molecule has 0 aromatic heterocycles. The minimum absolute atomic E-state index is 0.129. The molecule has 0 bridgehead atoms. The third kappa shape index (κ3) is 3.04. The Hall–Kier alpha value is -1.71. The standard InChI is InChI=1S/C19H25NO3/c21-19(13-5-2-1-3-6-13)20-16-8-4-7-14-11-17-18(12-15(14)16)23-10-9-22-17/h11-13,16H,1-10H2,(H,20,21). The molecular formula is C19H25NO3. The molecule has 124 valence electrons. The molecule has 1 heterocycles.